The van der Waals surface area contributed by atoms with Crippen LogP contribution in [0.25, 0.3) is 10.2 Å². The smallest absolute Gasteiger partial charge is 0.225 e. The fourth-order valence-corrected chi connectivity index (χ4v) is 3.38. The second kappa shape index (κ2) is 5.23. The van der Waals surface area contributed by atoms with Crippen molar-refractivity contribution >= 4 is 39.3 Å². The Labute approximate surface area is 110 Å². The molecular formula is C12H17N3S2. The molecule has 2 rings (SSSR count). The molecule has 3 nitrogen and oxygen atoms in total. The van der Waals surface area contributed by atoms with Gasteiger partial charge in [-0.1, -0.05) is 13.8 Å². The van der Waals surface area contributed by atoms with Crippen molar-refractivity contribution < 1.29 is 0 Å². The van der Waals surface area contributed by atoms with Crippen LogP contribution in [-0.4, -0.2) is 21.8 Å². The molecule has 0 unspecified atom stereocenters. The van der Waals surface area contributed by atoms with Gasteiger partial charge < -0.3 is 5.32 Å². The van der Waals surface area contributed by atoms with E-state index >= 15 is 0 Å². The molecule has 0 fully saturated rings. The minimum Gasteiger partial charge on any atom is -0.354 e. The minimum absolute atomic E-state index is 0.530. The molecule has 2 aromatic rings. The zero-order valence-corrected chi connectivity index (χ0v) is 12.2. The second-order valence-electron chi connectivity index (χ2n) is 4.13. The summed E-state index contributed by atoms with van der Waals surface area (Å²) in [5, 5.41) is 6.00. The third-order valence-electron chi connectivity index (χ3n) is 2.16. The molecule has 0 aliphatic heterocycles. The summed E-state index contributed by atoms with van der Waals surface area (Å²) >= 11 is 3.53. The van der Waals surface area contributed by atoms with Crippen LogP contribution in [0.1, 0.15) is 25.6 Å². The van der Waals surface area contributed by atoms with E-state index in [2.05, 4.69) is 49.0 Å². The van der Waals surface area contributed by atoms with Gasteiger partial charge in [0.15, 0.2) is 0 Å². The summed E-state index contributed by atoms with van der Waals surface area (Å²) in [4.78, 5) is 11.5. The Hall–Kier alpha value is -0.810. The number of nitrogens with one attached hydrogen (secondary N) is 1. The lowest BCUT2D eigenvalue weighted by Gasteiger charge is -2.08. The van der Waals surface area contributed by atoms with Gasteiger partial charge >= 0.3 is 0 Å². The fourth-order valence-electron chi connectivity index (χ4n) is 1.57. The molecule has 2 heterocycles. The normalized spacial score (nSPS) is 11.4. The Morgan fingerprint density at radius 3 is 2.82 bits per heavy atom. The summed E-state index contributed by atoms with van der Waals surface area (Å²) in [5.41, 5.74) is 0. The lowest BCUT2D eigenvalue weighted by atomic mass is 10.4. The number of rotatable bonds is 4. The molecule has 0 aromatic carbocycles. The van der Waals surface area contributed by atoms with Gasteiger partial charge in [0.2, 0.25) is 5.95 Å². The molecule has 0 radical (unpaired) electrons. The van der Waals surface area contributed by atoms with Crippen LogP contribution in [0.4, 0.5) is 5.95 Å². The quantitative estimate of drug-likeness (QED) is 0.673. The van der Waals surface area contributed by atoms with E-state index in [0.29, 0.717) is 5.25 Å². The highest BCUT2D eigenvalue weighted by Gasteiger charge is 2.11. The van der Waals surface area contributed by atoms with Crippen LogP contribution < -0.4 is 5.32 Å². The standard InChI is InChI=1S/C12H17N3S2/c1-5-13-12-14-10(16-7(2)3)9-6-8(4)17-11(9)15-12/h6-7H,5H2,1-4H3,(H,13,14,15). The topological polar surface area (TPSA) is 37.8 Å². The Morgan fingerprint density at radius 2 is 2.18 bits per heavy atom. The Balaban J connectivity index is 2.51. The number of anilines is 1. The van der Waals surface area contributed by atoms with E-state index in [-0.39, 0.29) is 0 Å². The molecule has 0 saturated carbocycles. The number of hydrogen-bond donors (Lipinski definition) is 1. The largest absolute Gasteiger partial charge is 0.354 e. The predicted molar refractivity (Wildman–Crippen MR) is 77.3 cm³/mol. The number of aryl methyl sites for hydroxylation is 1. The number of nitrogens with zero attached hydrogens (tertiary/aromatic N) is 2. The number of thiophene rings is 1. The first-order valence-corrected chi connectivity index (χ1v) is 7.48. The van der Waals surface area contributed by atoms with E-state index in [1.54, 1.807) is 23.1 Å². The van der Waals surface area contributed by atoms with Crippen LogP contribution in [0.2, 0.25) is 0 Å². The molecule has 0 aliphatic rings. The number of hydrogen-bond acceptors (Lipinski definition) is 5. The summed E-state index contributed by atoms with van der Waals surface area (Å²) in [7, 11) is 0. The average molecular weight is 267 g/mol. The zero-order valence-electron chi connectivity index (χ0n) is 10.6. The van der Waals surface area contributed by atoms with Crippen LogP contribution in [0.3, 0.4) is 0 Å². The summed E-state index contributed by atoms with van der Waals surface area (Å²) in [5.74, 6) is 0.741. The molecule has 0 spiro atoms. The summed E-state index contributed by atoms with van der Waals surface area (Å²) < 4.78 is 0. The van der Waals surface area contributed by atoms with E-state index in [0.717, 1.165) is 22.3 Å². The predicted octanol–water partition coefficient (Wildman–Crippen LogP) is 3.93. The lowest BCUT2D eigenvalue weighted by Crippen LogP contribution is -2.03. The highest BCUT2D eigenvalue weighted by molar-refractivity contribution is 8.00. The van der Waals surface area contributed by atoms with Crippen molar-refractivity contribution in [1.29, 1.82) is 0 Å². The van der Waals surface area contributed by atoms with Crippen molar-refractivity contribution in [1.82, 2.24) is 9.97 Å². The Kier molecular flexibility index (Phi) is 3.89. The SMILES string of the molecule is CCNc1nc(SC(C)C)c2cc(C)sc2n1. The molecule has 92 valence electrons. The van der Waals surface area contributed by atoms with Crippen molar-refractivity contribution in [3.63, 3.8) is 0 Å². The van der Waals surface area contributed by atoms with Crippen LogP contribution in [0.15, 0.2) is 11.1 Å². The molecule has 0 amide bonds. The maximum absolute atomic E-state index is 4.59. The Morgan fingerprint density at radius 1 is 1.41 bits per heavy atom. The van der Waals surface area contributed by atoms with Crippen LogP contribution in [-0.2, 0) is 0 Å². The van der Waals surface area contributed by atoms with Gasteiger partial charge in [-0.3, -0.25) is 0 Å². The molecule has 5 heteroatoms. The van der Waals surface area contributed by atoms with Crippen molar-refractivity contribution in [3.05, 3.63) is 10.9 Å². The molecule has 2 aromatic heterocycles. The summed E-state index contributed by atoms with van der Waals surface area (Å²) in [6.45, 7) is 9.39. The van der Waals surface area contributed by atoms with Crippen LogP contribution >= 0.6 is 23.1 Å². The maximum Gasteiger partial charge on any atom is 0.225 e. The number of aromatic nitrogens is 2. The van der Waals surface area contributed by atoms with Gasteiger partial charge in [0.25, 0.3) is 0 Å². The first-order valence-electron chi connectivity index (χ1n) is 5.79. The highest BCUT2D eigenvalue weighted by Crippen LogP contribution is 2.33. The van der Waals surface area contributed by atoms with Gasteiger partial charge in [-0.2, -0.15) is 0 Å². The molecule has 0 aliphatic carbocycles. The van der Waals surface area contributed by atoms with Gasteiger partial charge in [-0.25, -0.2) is 9.97 Å². The summed E-state index contributed by atoms with van der Waals surface area (Å²) in [6.07, 6.45) is 0. The van der Waals surface area contributed by atoms with Gasteiger partial charge in [0.1, 0.15) is 9.86 Å². The first-order chi connectivity index (χ1) is 8.10. The maximum atomic E-state index is 4.59. The molecular weight excluding hydrogens is 250 g/mol. The van der Waals surface area contributed by atoms with Crippen molar-refractivity contribution in [2.75, 3.05) is 11.9 Å². The summed E-state index contributed by atoms with van der Waals surface area (Å²) in [6, 6.07) is 2.18. The van der Waals surface area contributed by atoms with Crippen LogP contribution in [0.5, 0.6) is 0 Å². The van der Waals surface area contributed by atoms with E-state index in [1.165, 1.54) is 10.3 Å². The third kappa shape index (κ3) is 2.90. The second-order valence-corrected chi connectivity index (χ2v) is 6.93. The molecule has 0 saturated heterocycles. The highest BCUT2D eigenvalue weighted by atomic mass is 32.2. The average Bonchev–Trinajstić information content (AvgIpc) is 2.58. The van der Waals surface area contributed by atoms with E-state index < -0.39 is 0 Å². The molecule has 0 bridgehead atoms. The van der Waals surface area contributed by atoms with Crippen molar-refractivity contribution in [2.24, 2.45) is 0 Å². The lowest BCUT2D eigenvalue weighted by molar-refractivity contribution is 1.04. The zero-order chi connectivity index (χ0) is 12.4. The number of fused-ring (bicyclic) bond motifs is 1. The molecule has 0 atom stereocenters. The van der Waals surface area contributed by atoms with Gasteiger partial charge in [-0.15, -0.1) is 23.1 Å². The van der Waals surface area contributed by atoms with Gasteiger partial charge in [-0.05, 0) is 19.9 Å². The first kappa shape index (κ1) is 12.6. The van der Waals surface area contributed by atoms with Crippen LogP contribution in [0, 0.1) is 6.92 Å². The van der Waals surface area contributed by atoms with E-state index in [1.807, 2.05) is 0 Å². The van der Waals surface area contributed by atoms with E-state index in [9.17, 15) is 0 Å². The molecule has 17 heavy (non-hydrogen) atoms. The number of thioether (sulfide) groups is 1. The van der Waals surface area contributed by atoms with Gasteiger partial charge in [0.05, 0.1) is 0 Å². The van der Waals surface area contributed by atoms with Gasteiger partial charge in [0, 0.05) is 22.1 Å². The third-order valence-corrected chi connectivity index (χ3v) is 4.11. The van der Waals surface area contributed by atoms with E-state index in [4.69, 9.17) is 0 Å². The fraction of sp³-hybridized carbons (Fsp3) is 0.500. The molecule has 1 N–H and O–H groups in total. The van der Waals surface area contributed by atoms with Crippen molar-refractivity contribution in [3.8, 4) is 0 Å². The monoisotopic (exact) mass is 267 g/mol. The van der Waals surface area contributed by atoms with Crippen molar-refractivity contribution in [2.45, 2.75) is 38.0 Å². The Bertz CT molecular complexity index is 520. The minimum atomic E-state index is 0.530.